The molecule has 1 atom stereocenters. The number of nitrogens with zero attached hydrogens (tertiary/aromatic N) is 2. The molecule has 0 aliphatic carbocycles. The van der Waals surface area contributed by atoms with Crippen LogP contribution in [0.25, 0.3) is 10.6 Å². The van der Waals surface area contributed by atoms with Gasteiger partial charge in [0.15, 0.2) is 0 Å². The fraction of sp³-hybridized carbons (Fsp3) is 0.357. The van der Waals surface area contributed by atoms with Crippen molar-refractivity contribution < 1.29 is 4.79 Å². The molecule has 0 bridgehead atoms. The van der Waals surface area contributed by atoms with Crippen LogP contribution in [-0.4, -0.2) is 34.2 Å². The largest absolute Gasteiger partial charge is 0.348 e. The van der Waals surface area contributed by atoms with Gasteiger partial charge in [0.05, 0.1) is 12.6 Å². The second-order valence-corrected chi connectivity index (χ2v) is 6.52. The number of rotatable bonds is 7. The molecule has 0 aliphatic heterocycles. The number of carbonyl (C=O) groups is 1. The number of hydrogen-bond donors (Lipinski definition) is 2. The van der Waals surface area contributed by atoms with Crippen LogP contribution in [0.3, 0.4) is 0 Å². The summed E-state index contributed by atoms with van der Waals surface area (Å²) in [7, 11) is 0. The molecule has 8 heteroatoms. The van der Waals surface area contributed by atoms with E-state index in [4.69, 9.17) is 5.73 Å². The Hall–Kier alpha value is -1.15. The van der Waals surface area contributed by atoms with Crippen molar-refractivity contribution in [2.24, 2.45) is 5.73 Å². The highest BCUT2D eigenvalue weighted by molar-refractivity contribution is 7.98. The standard InChI is InChI=1S/C14H18N4OS2.ClH/c1-20-8-7-11(15)13(19)16-9-12-17-18-14(21-12)10-5-3-2-4-6-10;/h2-6,11H,7-9,15H2,1H3,(H,16,19);1H/t11-;/m0./s1. The molecule has 2 aromatic rings. The second kappa shape index (κ2) is 9.78. The normalized spacial score (nSPS) is 11.5. The monoisotopic (exact) mass is 358 g/mol. The van der Waals surface area contributed by atoms with Crippen LogP contribution in [0.2, 0.25) is 0 Å². The molecular formula is C14H19ClN4OS2. The Labute approximate surface area is 144 Å². The first-order chi connectivity index (χ1) is 10.2. The van der Waals surface area contributed by atoms with E-state index in [0.717, 1.165) is 21.3 Å². The van der Waals surface area contributed by atoms with Crippen molar-refractivity contribution in [3.8, 4) is 10.6 Å². The Morgan fingerprint density at radius 3 is 2.77 bits per heavy atom. The molecule has 1 aromatic carbocycles. The molecule has 0 saturated carbocycles. The summed E-state index contributed by atoms with van der Waals surface area (Å²) in [4.78, 5) is 11.8. The molecule has 0 unspecified atom stereocenters. The first-order valence-electron chi connectivity index (χ1n) is 6.60. The van der Waals surface area contributed by atoms with Gasteiger partial charge in [0.1, 0.15) is 10.0 Å². The molecule has 1 aromatic heterocycles. The molecule has 3 N–H and O–H groups in total. The van der Waals surface area contributed by atoms with Gasteiger partial charge in [0.2, 0.25) is 5.91 Å². The summed E-state index contributed by atoms with van der Waals surface area (Å²) in [6, 6.07) is 9.40. The van der Waals surface area contributed by atoms with Crippen molar-refractivity contribution >= 4 is 41.4 Å². The van der Waals surface area contributed by atoms with Gasteiger partial charge in [-0.15, -0.1) is 22.6 Å². The van der Waals surface area contributed by atoms with Crippen molar-refractivity contribution in [3.63, 3.8) is 0 Å². The van der Waals surface area contributed by atoms with E-state index < -0.39 is 6.04 Å². The van der Waals surface area contributed by atoms with E-state index in [1.807, 2.05) is 36.6 Å². The number of amides is 1. The second-order valence-electron chi connectivity index (χ2n) is 4.47. The third-order valence-corrected chi connectivity index (χ3v) is 4.49. The van der Waals surface area contributed by atoms with E-state index in [-0.39, 0.29) is 18.3 Å². The zero-order valence-electron chi connectivity index (χ0n) is 12.2. The lowest BCUT2D eigenvalue weighted by molar-refractivity contribution is -0.122. The number of halogens is 1. The zero-order valence-corrected chi connectivity index (χ0v) is 14.6. The van der Waals surface area contributed by atoms with Gasteiger partial charge >= 0.3 is 0 Å². The summed E-state index contributed by atoms with van der Waals surface area (Å²) in [5, 5.41) is 12.7. The van der Waals surface area contributed by atoms with E-state index in [9.17, 15) is 4.79 Å². The topological polar surface area (TPSA) is 80.9 Å². The SMILES string of the molecule is CSCC[C@H](N)C(=O)NCc1nnc(-c2ccccc2)s1.Cl. The molecule has 0 radical (unpaired) electrons. The highest BCUT2D eigenvalue weighted by Gasteiger charge is 2.13. The number of aromatic nitrogens is 2. The van der Waals surface area contributed by atoms with Gasteiger partial charge in [0, 0.05) is 5.56 Å². The highest BCUT2D eigenvalue weighted by Crippen LogP contribution is 2.22. The quantitative estimate of drug-likeness (QED) is 0.793. The molecule has 0 aliphatic rings. The highest BCUT2D eigenvalue weighted by atomic mass is 35.5. The van der Waals surface area contributed by atoms with Crippen LogP contribution in [-0.2, 0) is 11.3 Å². The van der Waals surface area contributed by atoms with Gasteiger partial charge in [-0.2, -0.15) is 11.8 Å². The van der Waals surface area contributed by atoms with Crippen LogP contribution in [0.4, 0.5) is 0 Å². The third kappa shape index (κ3) is 5.57. The number of carbonyl (C=O) groups excluding carboxylic acids is 1. The minimum absolute atomic E-state index is 0. The van der Waals surface area contributed by atoms with Crippen LogP contribution >= 0.6 is 35.5 Å². The lowest BCUT2D eigenvalue weighted by Crippen LogP contribution is -2.40. The van der Waals surface area contributed by atoms with Gasteiger partial charge in [-0.1, -0.05) is 41.7 Å². The lowest BCUT2D eigenvalue weighted by atomic mass is 10.2. The molecule has 22 heavy (non-hydrogen) atoms. The molecule has 1 amide bonds. The Morgan fingerprint density at radius 1 is 1.36 bits per heavy atom. The minimum Gasteiger partial charge on any atom is -0.348 e. The minimum atomic E-state index is -0.459. The van der Waals surface area contributed by atoms with Crippen molar-refractivity contribution in [1.29, 1.82) is 0 Å². The summed E-state index contributed by atoms with van der Waals surface area (Å²) < 4.78 is 0. The number of nitrogens with one attached hydrogen (secondary N) is 1. The van der Waals surface area contributed by atoms with E-state index >= 15 is 0 Å². The van der Waals surface area contributed by atoms with Crippen LogP contribution < -0.4 is 11.1 Å². The van der Waals surface area contributed by atoms with Gasteiger partial charge < -0.3 is 11.1 Å². The zero-order chi connectivity index (χ0) is 15.1. The van der Waals surface area contributed by atoms with E-state index in [0.29, 0.717) is 13.0 Å². The third-order valence-electron chi connectivity index (χ3n) is 2.87. The predicted octanol–water partition coefficient (Wildman–Crippen LogP) is 2.32. The van der Waals surface area contributed by atoms with Crippen LogP contribution in [0.15, 0.2) is 30.3 Å². The predicted molar refractivity (Wildman–Crippen MR) is 95.4 cm³/mol. The maximum Gasteiger partial charge on any atom is 0.237 e. The van der Waals surface area contributed by atoms with E-state index in [1.165, 1.54) is 11.3 Å². The Kier molecular flexibility index (Phi) is 8.40. The number of thioether (sulfide) groups is 1. The molecule has 1 heterocycles. The average Bonchev–Trinajstić information content (AvgIpc) is 3.00. The summed E-state index contributed by atoms with van der Waals surface area (Å²) in [6.45, 7) is 0.371. The summed E-state index contributed by atoms with van der Waals surface area (Å²) in [6.07, 6.45) is 2.68. The molecule has 5 nitrogen and oxygen atoms in total. The van der Waals surface area contributed by atoms with Gasteiger partial charge in [-0.25, -0.2) is 0 Å². The summed E-state index contributed by atoms with van der Waals surface area (Å²) >= 11 is 3.16. The average molecular weight is 359 g/mol. The smallest absolute Gasteiger partial charge is 0.237 e. The van der Waals surface area contributed by atoms with Crippen molar-refractivity contribution in [3.05, 3.63) is 35.3 Å². The van der Waals surface area contributed by atoms with Crippen LogP contribution in [0, 0.1) is 0 Å². The lowest BCUT2D eigenvalue weighted by Gasteiger charge is -2.10. The van der Waals surface area contributed by atoms with E-state index in [1.54, 1.807) is 11.8 Å². The summed E-state index contributed by atoms with van der Waals surface area (Å²) in [5.41, 5.74) is 6.84. The molecular weight excluding hydrogens is 340 g/mol. The Balaban J connectivity index is 0.00000242. The van der Waals surface area contributed by atoms with Crippen molar-refractivity contribution in [1.82, 2.24) is 15.5 Å². The van der Waals surface area contributed by atoms with Crippen LogP contribution in [0.1, 0.15) is 11.4 Å². The molecule has 0 spiro atoms. The maximum atomic E-state index is 11.8. The number of nitrogens with two attached hydrogens (primary N) is 1. The Morgan fingerprint density at radius 2 is 2.09 bits per heavy atom. The van der Waals surface area contributed by atoms with Crippen LogP contribution in [0.5, 0.6) is 0 Å². The molecule has 0 fully saturated rings. The molecule has 0 saturated heterocycles. The van der Waals surface area contributed by atoms with Crippen molar-refractivity contribution in [2.75, 3.05) is 12.0 Å². The van der Waals surface area contributed by atoms with E-state index in [2.05, 4.69) is 15.5 Å². The maximum absolute atomic E-state index is 11.8. The fourth-order valence-electron chi connectivity index (χ4n) is 1.69. The molecule has 120 valence electrons. The number of benzene rings is 1. The van der Waals surface area contributed by atoms with Gasteiger partial charge in [-0.3, -0.25) is 4.79 Å². The summed E-state index contributed by atoms with van der Waals surface area (Å²) in [5.74, 6) is 0.742. The first kappa shape index (κ1) is 18.9. The van der Waals surface area contributed by atoms with Crippen molar-refractivity contribution in [2.45, 2.75) is 19.0 Å². The number of hydrogen-bond acceptors (Lipinski definition) is 6. The van der Waals surface area contributed by atoms with Gasteiger partial charge in [0.25, 0.3) is 0 Å². The van der Waals surface area contributed by atoms with Gasteiger partial charge in [-0.05, 0) is 18.4 Å². The molecule has 2 rings (SSSR count). The first-order valence-corrected chi connectivity index (χ1v) is 8.81. The fourth-order valence-corrected chi connectivity index (χ4v) is 2.97. The Bertz CT molecular complexity index is 579.